The van der Waals surface area contributed by atoms with Crippen LogP contribution in [0, 0.1) is 0 Å². The normalized spacial score (nSPS) is 12.4. The van der Waals surface area contributed by atoms with Crippen molar-refractivity contribution in [1.29, 1.82) is 0 Å². The molecule has 1 atom stereocenters. The predicted octanol–water partition coefficient (Wildman–Crippen LogP) is 0.571. The molecular formula is C9H18O3Si. The average Bonchev–Trinajstić information content (AvgIpc) is 2.14. The fraction of sp³-hybridized carbons (Fsp3) is 0.667. The lowest BCUT2D eigenvalue weighted by Crippen LogP contribution is -2.22. The first kappa shape index (κ1) is 12.4. The van der Waals surface area contributed by atoms with Crippen molar-refractivity contribution < 1.29 is 14.0 Å². The minimum atomic E-state index is -0.361. The van der Waals surface area contributed by atoms with Gasteiger partial charge < -0.3 is 9.16 Å². The highest BCUT2D eigenvalue weighted by molar-refractivity contribution is 5.97. The van der Waals surface area contributed by atoms with Crippen LogP contribution in [0.25, 0.3) is 0 Å². The number of carbonyl (C=O) groups excluding carboxylic acids is 1. The molecule has 0 aromatic heterocycles. The van der Waals surface area contributed by atoms with Gasteiger partial charge in [-0.2, -0.15) is 0 Å². The van der Waals surface area contributed by atoms with Crippen molar-refractivity contribution in [3.63, 3.8) is 0 Å². The third kappa shape index (κ3) is 6.54. The van der Waals surface area contributed by atoms with Crippen molar-refractivity contribution in [2.75, 3.05) is 6.61 Å². The minimum Gasteiger partial charge on any atom is -0.457 e. The van der Waals surface area contributed by atoms with Gasteiger partial charge in [-0.25, -0.2) is 4.79 Å². The number of unbranched alkanes of at least 4 members (excludes halogenated alkanes) is 1. The zero-order valence-electron chi connectivity index (χ0n) is 8.41. The maximum Gasteiger partial charge on any atom is 0.330 e. The van der Waals surface area contributed by atoms with Crippen molar-refractivity contribution in [2.45, 2.75) is 32.3 Å². The highest BCUT2D eigenvalue weighted by Gasteiger charge is 2.10. The molecule has 0 saturated heterocycles. The van der Waals surface area contributed by atoms with Gasteiger partial charge in [0, 0.05) is 6.08 Å². The largest absolute Gasteiger partial charge is 0.457 e. The van der Waals surface area contributed by atoms with Crippen LogP contribution in [0.5, 0.6) is 0 Å². The van der Waals surface area contributed by atoms with Gasteiger partial charge in [-0.3, -0.25) is 0 Å². The van der Waals surface area contributed by atoms with E-state index in [1.165, 1.54) is 6.08 Å². The first-order valence-electron chi connectivity index (χ1n) is 4.56. The summed E-state index contributed by atoms with van der Waals surface area (Å²) in [5, 5.41) is 0. The van der Waals surface area contributed by atoms with Crippen LogP contribution in [0.4, 0.5) is 0 Å². The third-order valence-corrected chi connectivity index (χ3v) is 2.02. The Morgan fingerprint density at radius 1 is 1.69 bits per heavy atom. The Morgan fingerprint density at radius 3 is 2.85 bits per heavy atom. The zero-order chi connectivity index (χ0) is 10.1. The molecule has 3 nitrogen and oxygen atoms in total. The summed E-state index contributed by atoms with van der Waals surface area (Å²) in [4.78, 5) is 10.9. The molecule has 0 aromatic carbocycles. The van der Waals surface area contributed by atoms with Gasteiger partial charge in [-0.05, 0) is 12.8 Å². The van der Waals surface area contributed by atoms with Crippen LogP contribution in [0.1, 0.15) is 26.2 Å². The number of esters is 1. The Hall–Kier alpha value is -0.613. The highest BCUT2D eigenvalue weighted by Crippen LogP contribution is 2.05. The van der Waals surface area contributed by atoms with Crippen LogP contribution in [-0.2, 0) is 14.0 Å². The molecule has 76 valence electrons. The van der Waals surface area contributed by atoms with E-state index in [9.17, 15) is 4.79 Å². The molecule has 0 aliphatic carbocycles. The molecule has 1 unspecified atom stereocenters. The lowest BCUT2D eigenvalue weighted by molar-refractivity contribution is -0.144. The van der Waals surface area contributed by atoms with Gasteiger partial charge >= 0.3 is 5.97 Å². The van der Waals surface area contributed by atoms with E-state index >= 15 is 0 Å². The van der Waals surface area contributed by atoms with Crippen molar-refractivity contribution in [3.8, 4) is 0 Å². The quantitative estimate of drug-likeness (QED) is 0.344. The molecule has 0 heterocycles. The summed E-state index contributed by atoms with van der Waals surface area (Å²) in [5.74, 6) is -0.361. The molecule has 0 N–H and O–H groups in total. The molecule has 0 aliphatic heterocycles. The zero-order valence-corrected chi connectivity index (χ0v) is 10.4. The molecule has 0 bridgehead atoms. The van der Waals surface area contributed by atoms with E-state index in [4.69, 9.17) is 9.16 Å². The molecule has 0 radical (unpaired) electrons. The molecule has 0 fully saturated rings. The van der Waals surface area contributed by atoms with Gasteiger partial charge in [0.25, 0.3) is 0 Å². The Labute approximate surface area is 82.7 Å². The first-order valence-corrected chi connectivity index (χ1v) is 5.38. The molecule has 0 amide bonds. The number of rotatable bonds is 7. The predicted molar refractivity (Wildman–Crippen MR) is 55.5 cm³/mol. The Balaban J connectivity index is 3.78. The SMILES string of the molecule is C=CC(=O)OC(CCCC)CO[SiH3]. The second-order valence-corrected chi connectivity index (χ2v) is 3.44. The van der Waals surface area contributed by atoms with Gasteiger partial charge in [-0.1, -0.05) is 19.9 Å². The second-order valence-electron chi connectivity index (χ2n) is 2.86. The Morgan fingerprint density at radius 2 is 2.38 bits per heavy atom. The minimum absolute atomic E-state index is 0.0945. The molecule has 0 aliphatic rings. The van der Waals surface area contributed by atoms with Crippen molar-refractivity contribution in [3.05, 3.63) is 12.7 Å². The molecule has 4 heteroatoms. The highest BCUT2D eigenvalue weighted by atomic mass is 28.2. The maximum atomic E-state index is 10.9. The van der Waals surface area contributed by atoms with E-state index in [-0.39, 0.29) is 12.1 Å². The van der Waals surface area contributed by atoms with Crippen molar-refractivity contribution in [2.24, 2.45) is 0 Å². The fourth-order valence-electron chi connectivity index (χ4n) is 1.01. The Bertz CT molecular complexity index is 159. The number of hydrogen-bond acceptors (Lipinski definition) is 3. The summed E-state index contributed by atoms with van der Waals surface area (Å²) < 4.78 is 10.2. The molecule has 0 saturated carbocycles. The second kappa shape index (κ2) is 8.01. The topological polar surface area (TPSA) is 35.5 Å². The van der Waals surface area contributed by atoms with E-state index in [2.05, 4.69) is 13.5 Å². The average molecular weight is 202 g/mol. The van der Waals surface area contributed by atoms with Crippen LogP contribution in [0.3, 0.4) is 0 Å². The molecule has 0 rings (SSSR count). The lowest BCUT2D eigenvalue weighted by atomic mass is 10.2. The summed E-state index contributed by atoms with van der Waals surface area (Å²) in [6, 6.07) is 0. The van der Waals surface area contributed by atoms with Gasteiger partial charge in [0.05, 0.1) is 6.61 Å². The smallest absolute Gasteiger partial charge is 0.330 e. The maximum absolute atomic E-state index is 10.9. The number of carbonyl (C=O) groups is 1. The third-order valence-electron chi connectivity index (χ3n) is 1.68. The number of hydrogen-bond donors (Lipinski definition) is 0. The Kier molecular flexibility index (Phi) is 7.63. The van der Waals surface area contributed by atoms with E-state index < -0.39 is 0 Å². The van der Waals surface area contributed by atoms with Crippen LogP contribution in [0.15, 0.2) is 12.7 Å². The first-order chi connectivity index (χ1) is 6.24. The van der Waals surface area contributed by atoms with Crippen LogP contribution in [-0.4, -0.2) is 29.2 Å². The van der Waals surface area contributed by atoms with Crippen molar-refractivity contribution in [1.82, 2.24) is 0 Å². The standard InChI is InChI=1S/C9H18O3Si/c1-3-5-6-8(7-11-13)12-9(10)4-2/h4,8H,2-3,5-7H2,1,13H3. The molecule has 0 aromatic rings. The molecule has 0 spiro atoms. The fourth-order valence-corrected chi connectivity index (χ4v) is 1.38. The lowest BCUT2D eigenvalue weighted by Gasteiger charge is -2.15. The van der Waals surface area contributed by atoms with Crippen LogP contribution in [0.2, 0.25) is 0 Å². The van der Waals surface area contributed by atoms with Gasteiger partial charge in [0.1, 0.15) is 16.6 Å². The van der Waals surface area contributed by atoms with Crippen LogP contribution >= 0.6 is 0 Å². The van der Waals surface area contributed by atoms with Gasteiger partial charge in [0.2, 0.25) is 0 Å². The van der Waals surface area contributed by atoms with E-state index in [0.29, 0.717) is 17.1 Å². The molecule has 13 heavy (non-hydrogen) atoms. The van der Waals surface area contributed by atoms with Crippen LogP contribution < -0.4 is 0 Å². The van der Waals surface area contributed by atoms with Crippen molar-refractivity contribution >= 4 is 16.5 Å². The summed E-state index contributed by atoms with van der Waals surface area (Å²) in [7, 11) is 0.680. The van der Waals surface area contributed by atoms with E-state index in [1.807, 2.05) is 0 Å². The van der Waals surface area contributed by atoms with Gasteiger partial charge in [-0.15, -0.1) is 0 Å². The summed E-state index contributed by atoms with van der Waals surface area (Å²) in [6.07, 6.45) is 4.12. The van der Waals surface area contributed by atoms with E-state index in [0.717, 1.165) is 19.3 Å². The van der Waals surface area contributed by atoms with Gasteiger partial charge in [0.15, 0.2) is 0 Å². The monoisotopic (exact) mass is 202 g/mol. The number of ether oxygens (including phenoxy) is 1. The molecular weight excluding hydrogens is 184 g/mol. The summed E-state index contributed by atoms with van der Waals surface area (Å²) >= 11 is 0. The summed E-state index contributed by atoms with van der Waals surface area (Å²) in [6.45, 7) is 5.97. The van der Waals surface area contributed by atoms with E-state index in [1.54, 1.807) is 0 Å². The summed E-state index contributed by atoms with van der Waals surface area (Å²) in [5.41, 5.74) is 0.